The summed E-state index contributed by atoms with van der Waals surface area (Å²) in [7, 11) is 0. The molecule has 1 aliphatic carbocycles. The number of carbonyl (C=O) groups excluding carboxylic acids is 1. The third kappa shape index (κ3) is 4.15. The summed E-state index contributed by atoms with van der Waals surface area (Å²) < 4.78 is 2.26. The number of nitrogen functional groups attached to an aromatic ring is 1. The molecule has 1 aliphatic rings. The van der Waals surface area contributed by atoms with Crippen molar-refractivity contribution in [3.8, 4) is 0 Å². The molecule has 0 radical (unpaired) electrons. The van der Waals surface area contributed by atoms with Gasteiger partial charge in [-0.25, -0.2) is 10.1 Å². The van der Waals surface area contributed by atoms with Gasteiger partial charge in [0.1, 0.15) is 0 Å². The highest BCUT2D eigenvalue weighted by Crippen LogP contribution is 2.20. The molecule has 3 rings (SSSR count). The van der Waals surface area contributed by atoms with Gasteiger partial charge in [0.15, 0.2) is 5.78 Å². The van der Waals surface area contributed by atoms with Crippen LogP contribution in [0.25, 0.3) is 0 Å². The smallest absolute Gasteiger partial charge is 0.264 e. The number of benzene rings is 1. The lowest BCUT2D eigenvalue weighted by atomic mass is 10.2. The molecule has 0 spiro atoms. The van der Waals surface area contributed by atoms with Crippen LogP contribution in [0.2, 0.25) is 0 Å². The zero-order valence-electron chi connectivity index (χ0n) is 12.9. The molecule has 2 aromatic rings. The number of Topliss-reactive ketones (excluding diaryl/α,β-unsaturated/α-hetero) is 1. The lowest BCUT2D eigenvalue weighted by molar-refractivity contribution is 0.102. The predicted molar refractivity (Wildman–Crippen MR) is 98.9 cm³/mol. The second kappa shape index (κ2) is 7.80. The fraction of sp³-hybridized carbons (Fsp3) is 0.333. The third-order valence-electron chi connectivity index (χ3n) is 3.66. The summed E-state index contributed by atoms with van der Waals surface area (Å²) in [6.45, 7) is 0. The first-order valence-corrected chi connectivity index (χ1v) is 9.35. The molecule has 1 aromatic carbocycles. The summed E-state index contributed by atoms with van der Waals surface area (Å²) in [4.78, 5) is 12.2. The topological polar surface area (TPSA) is 98.2 Å². The number of hydrogen-bond acceptors (Lipinski definition) is 7. The lowest BCUT2D eigenvalue weighted by Crippen LogP contribution is -2.14. The SMILES string of the molecule is Nn1c(NN=C2CCCC2)nnc1SCC(=O)c1ccc(Br)cc1. The number of carbonyl (C=O) groups is 1. The van der Waals surface area contributed by atoms with Crippen LogP contribution in [0.5, 0.6) is 0 Å². The largest absolute Gasteiger partial charge is 0.334 e. The molecule has 9 heteroatoms. The Hall–Kier alpha value is -1.87. The van der Waals surface area contributed by atoms with Crippen molar-refractivity contribution in [2.75, 3.05) is 17.0 Å². The second-order valence-electron chi connectivity index (χ2n) is 5.39. The van der Waals surface area contributed by atoms with Crippen molar-refractivity contribution < 1.29 is 4.79 Å². The van der Waals surface area contributed by atoms with E-state index in [0.29, 0.717) is 16.7 Å². The van der Waals surface area contributed by atoms with Crippen molar-refractivity contribution in [3.05, 3.63) is 34.3 Å². The molecule has 1 aromatic heterocycles. The number of halogens is 1. The third-order valence-corrected chi connectivity index (χ3v) is 5.13. The molecule has 1 heterocycles. The van der Waals surface area contributed by atoms with Crippen LogP contribution < -0.4 is 11.3 Å². The molecule has 0 saturated heterocycles. The van der Waals surface area contributed by atoms with Gasteiger partial charge < -0.3 is 5.84 Å². The van der Waals surface area contributed by atoms with Gasteiger partial charge in [0.2, 0.25) is 5.16 Å². The minimum Gasteiger partial charge on any atom is -0.334 e. The minimum atomic E-state index is 0.0104. The van der Waals surface area contributed by atoms with Gasteiger partial charge in [-0.1, -0.05) is 39.8 Å². The van der Waals surface area contributed by atoms with Gasteiger partial charge in [0.05, 0.1) is 5.75 Å². The van der Waals surface area contributed by atoms with Gasteiger partial charge in [-0.05, 0) is 37.8 Å². The standard InChI is InChI=1S/C15H17BrN6OS/c16-11-7-5-10(6-8-11)13(23)9-24-15-21-20-14(22(15)17)19-18-12-3-1-2-4-12/h5-8H,1-4,9,17H2,(H,19,20). The average Bonchev–Trinajstić information content (AvgIpc) is 3.21. The van der Waals surface area contributed by atoms with Gasteiger partial charge in [-0.2, -0.15) is 5.10 Å². The van der Waals surface area contributed by atoms with Gasteiger partial charge in [0, 0.05) is 15.7 Å². The number of rotatable bonds is 6. The first-order chi connectivity index (χ1) is 11.6. The fourth-order valence-electron chi connectivity index (χ4n) is 2.32. The van der Waals surface area contributed by atoms with Gasteiger partial charge in [0.25, 0.3) is 5.95 Å². The maximum absolute atomic E-state index is 12.2. The van der Waals surface area contributed by atoms with Crippen molar-refractivity contribution >= 4 is 45.1 Å². The lowest BCUT2D eigenvalue weighted by Gasteiger charge is -2.04. The molecule has 3 N–H and O–H groups in total. The summed E-state index contributed by atoms with van der Waals surface area (Å²) in [6.07, 6.45) is 4.37. The summed E-state index contributed by atoms with van der Waals surface area (Å²) in [5, 5.41) is 12.7. The van der Waals surface area contributed by atoms with E-state index in [-0.39, 0.29) is 11.5 Å². The molecular weight excluding hydrogens is 392 g/mol. The molecule has 0 amide bonds. The highest BCUT2D eigenvalue weighted by Gasteiger charge is 2.14. The number of thioether (sulfide) groups is 1. The Morgan fingerprint density at radius 2 is 2.00 bits per heavy atom. The molecule has 0 unspecified atom stereocenters. The van der Waals surface area contributed by atoms with E-state index >= 15 is 0 Å². The quantitative estimate of drug-likeness (QED) is 0.329. The first kappa shape index (κ1) is 17.0. The number of nitrogens with two attached hydrogens (primary N) is 1. The van der Waals surface area contributed by atoms with Crippen molar-refractivity contribution in [1.29, 1.82) is 0 Å². The molecule has 7 nitrogen and oxygen atoms in total. The van der Waals surface area contributed by atoms with Crippen LogP contribution in [-0.4, -0.2) is 32.1 Å². The Bertz CT molecular complexity index is 750. The van der Waals surface area contributed by atoms with Crippen LogP contribution in [0.1, 0.15) is 36.0 Å². The van der Waals surface area contributed by atoms with Crippen LogP contribution in [0.3, 0.4) is 0 Å². The van der Waals surface area contributed by atoms with Crippen LogP contribution in [-0.2, 0) is 0 Å². The Morgan fingerprint density at radius 1 is 1.29 bits per heavy atom. The zero-order valence-corrected chi connectivity index (χ0v) is 15.3. The molecule has 24 heavy (non-hydrogen) atoms. The zero-order chi connectivity index (χ0) is 16.9. The van der Waals surface area contributed by atoms with Crippen LogP contribution >= 0.6 is 27.7 Å². The van der Waals surface area contributed by atoms with Gasteiger partial charge in [-0.15, -0.1) is 10.2 Å². The first-order valence-electron chi connectivity index (χ1n) is 7.57. The number of aromatic nitrogens is 3. The van der Waals surface area contributed by atoms with Crippen molar-refractivity contribution in [1.82, 2.24) is 14.9 Å². The summed E-state index contributed by atoms with van der Waals surface area (Å²) in [6, 6.07) is 7.25. The van der Waals surface area contributed by atoms with E-state index in [9.17, 15) is 4.79 Å². The highest BCUT2D eigenvalue weighted by atomic mass is 79.9. The number of hydrazone groups is 1. The number of nitrogens with one attached hydrogen (secondary N) is 1. The maximum Gasteiger partial charge on any atom is 0.264 e. The van der Waals surface area contributed by atoms with Gasteiger partial charge >= 0.3 is 0 Å². The van der Waals surface area contributed by atoms with E-state index in [1.807, 2.05) is 12.1 Å². The fourth-order valence-corrected chi connectivity index (χ4v) is 3.34. The number of anilines is 1. The van der Waals surface area contributed by atoms with Crippen molar-refractivity contribution in [2.45, 2.75) is 30.8 Å². The van der Waals surface area contributed by atoms with Gasteiger partial charge in [-0.3, -0.25) is 4.79 Å². The summed E-state index contributed by atoms with van der Waals surface area (Å²) in [5.41, 5.74) is 4.63. The molecule has 1 fully saturated rings. The van der Waals surface area contributed by atoms with Crippen LogP contribution in [0, 0.1) is 0 Å². The summed E-state index contributed by atoms with van der Waals surface area (Å²) >= 11 is 4.60. The minimum absolute atomic E-state index is 0.0104. The van der Waals surface area contributed by atoms with E-state index in [1.54, 1.807) is 12.1 Å². The van der Waals surface area contributed by atoms with E-state index in [0.717, 1.165) is 23.0 Å². The highest BCUT2D eigenvalue weighted by molar-refractivity contribution is 9.10. The van der Waals surface area contributed by atoms with Crippen LogP contribution in [0.15, 0.2) is 39.0 Å². The van der Waals surface area contributed by atoms with Crippen molar-refractivity contribution in [2.24, 2.45) is 5.10 Å². The Kier molecular flexibility index (Phi) is 5.52. The number of hydrogen-bond donors (Lipinski definition) is 2. The second-order valence-corrected chi connectivity index (χ2v) is 7.25. The number of nitrogens with zero attached hydrogens (tertiary/aromatic N) is 4. The monoisotopic (exact) mass is 408 g/mol. The van der Waals surface area contributed by atoms with Crippen molar-refractivity contribution in [3.63, 3.8) is 0 Å². The maximum atomic E-state index is 12.2. The normalized spacial score (nSPS) is 14.0. The molecule has 126 valence electrons. The molecule has 0 bridgehead atoms. The van der Waals surface area contributed by atoms with E-state index in [2.05, 4.69) is 36.7 Å². The van der Waals surface area contributed by atoms with E-state index in [4.69, 9.17) is 5.84 Å². The number of ketones is 1. The molecule has 0 aliphatic heterocycles. The Morgan fingerprint density at radius 3 is 2.71 bits per heavy atom. The molecule has 1 saturated carbocycles. The Labute approximate surface area is 152 Å². The average molecular weight is 409 g/mol. The Balaban J connectivity index is 1.58. The molecular formula is C15H17BrN6OS. The van der Waals surface area contributed by atoms with Crippen LogP contribution in [0.4, 0.5) is 5.95 Å². The molecule has 0 atom stereocenters. The van der Waals surface area contributed by atoms with E-state index < -0.39 is 0 Å². The summed E-state index contributed by atoms with van der Waals surface area (Å²) in [5.74, 6) is 6.57. The van der Waals surface area contributed by atoms with E-state index in [1.165, 1.54) is 29.3 Å². The predicted octanol–water partition coefficient (Wildman–Crippen LogP) is 3.07.